The average Bonchev–Trinajstić information content (AvgIpc) is 2.13. The smallest absolute Gasteiger partial charge is 0.234 e. The van der Waals surface area contributed by atoms with Crippen LogP contribution in [0.4, 0.5) is 0 Å². The summed E-state index contributed by atoms with van der Waals surface area (Å²) in [5.41, 5.74) is 5.71. The summed E-state index contributed by atoms with van der Waals surface area (Å²) in [6.45, 7) is 8.93. The van der Waals surface area contributed by atoms with E-state index in [1.807, 2.05) is 18.9 Å². The van der Waals surface area contributed by atoms with Gasteiger partial charge in [-0.2, -0.15) is 0 Å². The third-order valence-corrected chi connectivity index (χ3v) is 2.24. The quantitative estimate of drug-likeness (QED) is 0.647. The monoisotopic (exact) mass is 215 g/mol. The van der Waals surface area contributed by atoms with Crippen molar-refractivity contribution in [1.82, 2.24) is 10.2 Å². The van der Waals surface area contributed by atoms with Crippen LogP contribution in [-0.2, 0) is 4.79 Å². The van der Waals surface area contributed by atoms with Crippen molar-refractivity contribution in [3.8, 4) is 0 Å². The number of nitrogens with zero attached hydrogens (tertiary/aromatic N) is 1. The van der Waals surface area contributed by atoms with Crippen LogP contribution in [0.2, 0.25) is 0 Å². The van der Waals surface area contributed by atoms with Gasteiger partial charge in [-0.25, -0.2) is 0 Å². The molecule has 4 nitrogen and oxygen atoms in total. The molecule has 0 radical (unpaired) electrons. The van der Waals surface area contributed by atoms with E-state index in [0.717, 1.165) is 19.5 Å². The van der Waals surface area contributed by atoms with Gasteiger partial charge in [0.15, 0.2) is 0 Å². The van der Waals surface area contributed by atoms with Crippen molar-refractivity contribution in [2.75, 3.05) is 33.2 Å². The van der Waals surface area contributed by atoms with E-state index >= 15 is 0 Å². The molecule has 15 heavy (non-hydrogen) atoms. The normalized spacial score (nSPS) is 11.9. The van der Waals surface area contributed by atoms with E-state index in [2.05, 4.69) is 19.2 Å². The Morgan fingerprint density at radius 1 is 1.47 bits per heavy atom. The Hall–Kier alpha value is -0.610. The van der Waals surface area contributed by atoms with Crippen molar-refractivity contribution in [2.24, 2.45) is 11.1 Å². The van der Waals surface area contributed by atoms with Crippen molar-refractivity contribution in [3.63, 3.8) is 0 Å². The summed E-state index contributed by atoms with van der Waals surface area (Å²) >= 11 is 0. The van der Waals surface area contributed by atoms with E-state index in [4.69, 9.17) is 5.73 Å². The van der Waals surface area contributed by atoms with E-state index in [-0.39, 0.29) is 11.3 Å². The maximum Gasteiger partial charge on any atom is 0.234 e. The van der Waals surface area contributed by atoms with Crippen molar-refractivity contribution >= 4 is 5.91 Å². The zero-order valence-electron chi connectivity index (χ0n) is 10.5. The van der Waals surface area contributed by atoms with Crippen LogP contribution >= 0.6 is 0 Å². The molecule has 0 aromatic carbocycles. The van der Waals surface area contributed by atoms with Crippen molar-refractivity contribution < 1.29 is 4.79 Å². The number of nitrogens with one attached hydrogen (secondary N) is 1. The number of amides is 1. The van der Waals surface area contributed by atoms with Crippen molar-refractivity contribution in [3.05, 3.63) is 0 Å². The minimum Gasteiger partial charge on any atom is -0.355 e. The molecule has 0 bridgehead atoms. The van der Waals surface area contributed by atoms with Gasteiger partial charge in [0, 0.05) is 13.1 Å². The molecule has 0 aromatic rings. The van der Waals surface area contributed by atoms with Gasteiger partial charge in [0.2, 0.25) is 5.91 Å². The third-order valence-electron chi connectivity index (χ3n) is 2.24. The molecule has 0 aliphatic heterocycles. The largest absolute Gasteiger partial charge is 0.355 e. The fourth-order valence-corrected chi connectivity index (χ4v) is 1.42. The molecule has 3 N–H and O–H groups in total. The molecule has 0 saturated heterocycles. The van der Waals surface area contributed by atoms with Crippen LogP contribution in [0, 0.1) is 5.41 Å². The standard InChI is InChI=1S/C11H25N3O/c1-5-6-13-10(15)7-14(4)9-11(2,3)8-12/h5-9,12H2,1-4H3,(H,13,15). The highest BCUT2D eigenvalue weighted by Gasteiger charge is 2.19. The second-order valence-electron chi connectivity index (χ2n) is 4.89. The zero-order valence-corrected chi connectivity index (χ0v) is 10.5. The maximum absolute atomic E-state index is 11.4. The van der Waals surface area contributed by atoms with Crippen LogP contribution in [-0.4, -0.2) is 44.0 Å². The predicted octanol–water partition coefficient (Wildman–Crippen LogP) is 0.429. The Morgan fingerprint density at radius 2 is 2.07 bits per heavy atom. The lowest BCUT2D eigenvalue weighted by molar-refractivity contribution is -0.122. The lowest BCUT2D eigenvalue weighted by atomic mass is 9.93. The highest BCUT2D eigenvalue weighted by molar-refractivity contribution is 5.77. The molecule has 0 atom stereocenters. The molecule has 0 aliphatic carbocycles. The lowest BCUT2D eigenvalue weighted by Gasteiger charge is -2.28. The molecule has 0 aliphatic rings. The first-order valence-electron chi connectivity index (χ1n) is 5.56. The van der Waals surface area contributed by atoms with E-state index in [1.54, 1.807) is 0 Å². The Kier molecular flexibility index (Phi) is 6.52. The fraction of sp³-hybridized carbons (Fsp3) is 0.909. The fourth-order valence-electron chi connectivity index (χ4n) is 1.42. The summed E-state index contributed by atoms with van der Waals surface area (Å²) in [6.07, 6.45) is 0.976. The highest BCUT2D eigenvalue weighted by atomic mass is 16.2. The summed E-state index contributed by atoms with van der Waals surface area (Å²) < 4.78 is 0. The van der Waals surface area contributed by atoms with E-state index < -0.39 is 0 Å². The maximum atomic E-state index is 11.4. The van der Waals surface area contributed by atoms with Gasteiger partial charge in [-0.15, -0.1) is 0 Å². The molecule has 0 rings (SSSR count). The van der Waals surface area contributed by atoms with Crippen molar-refractivity contribution in [1.29, 1.82) is 0 Å². The Labute approximate surface area is 93.2 Å². The van der Waals surface area contributed by atoms with Crippen LogP contribution in [0.25, 0.3) is 0 Å². The summed E-state index contributed by atoms with van der Waals surface area (Å²) in [5.74, 6) is 0.0900. The summed E-state index contributed by atoms with van der Waals surface area (Å²) in [6, 6.07) is 0. The van der Waals surface area contributed by atoms with Gasteiger partial charge >= 0.3 is 0 Å². The minimum absolute atomic E-state index is 0.0692. The Balaban J connectivity index is 3.82. The molecule has 0 heterocycles. The number of carbonyl (C=O) groups is 1. The summed E-state index contributed by atoms with van der Waals surface area (Å²) in [5, 5.41) is 2.86. The van der Waals surface area contributed by atoms with Crippen LogP contribution in [0.5, 0.6) is 0 Å². The summed E-state index contributed by atoms with van der Waals surface area (Å²) in [4.78, 5) is 13.4. The first-order chi connectivity index (χ1) is 6.91. The molecular weight excluding hydrogens is 190 g/mol. The van der Waals surface area contributed by atoms with Gasteiger partial charge in [0.25, 0.3) is 0 Å². The SMILES string of the molecule is CCCNC(=O)CN(C)CC(C)(C)CN. The number of hydrogen-bond donors (Lipinski definition) is 2. The second kappa shape index (κ2) is 6.80. The number of rotatable bonds is 7. The molecule has 0 unspecified atom stereocenters. The van der Waals surface area contributed by atoms with Gasteiger partial charge in [-0.1, -0.05) is 20.8 Å². The first kappa shape index (κ1) is 14.4. The minimum atomic E-state index is 0.0692. The highest BCUT2D eigenvalue weighted by Crippen LogP contribution is 2.13. The van der Waals surface area contributed by atoms with E-state index in [0.29, 0.717) is 13.1 Å². The molecular formula is C11H25N3O. The molecule has 4 heteroatoms. The lowest BCUT2D eigenvalue weighted by Crippen LogP contribution is -2.42. The van der Waals surface area contributed by atoms with Crippen molar-refractivity contribution in [2.45, 2.75) is 27.2 Å². The predicted molar refractivity (Wildman–Crippen MR) is 63.6 cm³/mol. The van der Waals surface area contributed by atoms with Gasteiger partial charge in [0.1, 0.15) is 0 Å². The van der Waals surface area contributed by atoms with Crippen LogP contribution in [0.15, 0.2) is 0 Å². The van der Waals surface area contributed by atoms with Gasteiger partial charge in [-0.3, -0.25) is 9.69 Å². The second-order valence-corrected chi connectivity index (χ2v) is 4.89. The van der Waals surface area contributed by atoms with Gasteiger partial charge in [-0.05, 0) is 25.4 Å². The zero-order chi connectivity index (χ0) is 11.9. The van der Waals surface area contributed by atoms with Gasteiger partial charge in [0.05, 0.1) is 6.54 Å². The third kappa shape index (κ3) is 7.33. The first-order valence-corrected chi connectivity index (χ1v) is 5.56. The molecule has 0 saturated carbocycles. The van der Waals surface area contributed by atoms with Gasteiger partial charge < -0.3 is 11.1 Å². The number of carbonyl (C=O) groups excluding carboxylic acids is 1. The van der Waals surface area contributed by atoms with Crippen LogP contribution in [0.1, 0.15) is 27.2 Å². The Bertz CT molecular complexity index is 192. The molecule has 0 spiro atoms. The molecule has 0 fully saturated rings. The van der Waals surface area contributed by atoms with E-state index in [9.17, 15) is 4.79 Å². The topological polar surface area (TPSA) is 58.4 Å². The summed E-state index contributed by atoms with van der Waals surface area (Å²) in [7, 11) is 1.95. The molecule has 0 aromatic heterocycles. The average molecular weight is 215 g/mol. The molecule has 90 valence electrons. The molecule has 1 amide bonds. The number of likely N-dealkylation sites (N-methyl/N-ethyl adjacent to an activating group) is 1. The van der Waals surface area contributed by atoms with Crippen LogP contribution < -0.4 is 11.1 Å². The number of hydrogen-bond acceptors (Lipinski definition) is 3. The Morgan fingerprint density at radius 3 is 2.53 bits per heavy atom. The van der Waals surface area contributed by atoms with E-state index in [1.165, 1.54) is 0 Å². The van der Waals surface area contributed by atoms with Crippen LogP contribution in [0.3, 0.4) is 0 Å². The number of nitrogens with two attached hydrogens (primary N) is 1.